The molecule has 0 saturated carbocycles. The van der Waals surface area contributed by atoms with Crippen LogP contribution in [0.5, 0.6) is 0 Å². The Morgan fingerprint density at radius 2 is 1.95 bits per heavy atom. The Labute approximate surface area is 136 Å². The Hall–Kier alpha value is -1.26. The van der Waals surface area contributed by atoms with Crippen molar-refractivity contribution >= 4 is 33.7 Å². The van der Waals surface area contributed by atoms with E-state index in [1.54, 1.807) is 0 Å². The van der Waals surface area contributed by atoms with E-state index in [0.717, 1.165) is 16.5 Å². The molecule has 0 fully saturated rings. The minimum Gasteiger partial charge on any atom is -0.481 e. The van der Waals surface area contributed by atoms with Crippen molar-refractivity contribution in [2.24, 2.45) is 0 Å². The Kier molecular flexibility index (Phi) is 4.36. The van der Waals surface area contributed by atoms with Gasteiger partial charge < -0.3 is 5.11 Å². The quantitative estimate of drug-likeness (QED) is 0.854. The summed E-state index contributed by atoms with van der Waals surface area (Å²) in [6, 6.07) is 15.9. The molecular weight excluding hydrogens is 348 g/mol. The van der Waals surface area contributed by atoms with Crippen LogP contribution in [0.3, 0.4) is 0 Å². The molecule has 3 rings (SSSR count). The van der Waals surface area contributed by atoms with Crippen LogP contribution in [0, 0.1) is 0 Å². The molecule has 1 heterocycles. The number of hydrogen-bond donors (Lipinski definition) is 1. The van der Waals surface area contributed by atoms with Crippen molar-refractivity contribution in [3.05, 3.63) is 64.1 Å². The third kappa shape index (κ3) is 3.33. The van der Waals surface area contributed by atoms with Crippen molar-refractivity contribution in [3.8, 4) is 0 Å². The molecule has 0 saturated heterocycles. The zero-order chi connectivity index (χ0) is 14.8. The molecule has 4 heteroatoms. The van der Waals surface area contributed by atoms with Crippen molar-refractivity contribution in [1.82, 2.24) is 0 Å². The van der Waals surface area contributed by atoms with Crippen LogP contribution in [0.25, 0.3) is 0 Å². The fourth-order valence-corrected chi connectivity index (χ4v) is 4.36. The lowest BCUT2D eigenvalue weighted by Gasteiger charge is -2.16. The molecule has 1 aliphatic rings. The third-order valence-electron chi connectivity index (χ3n) is 3.78. The van der Waals surface area contributed by atoms with Gasteiger partial charge in [0, 0.05) is 14.6 Å². The van der Waals surface area contributed by atoms with Gasteiger partial charge in [0.05, 0.1) is 5.92 Å². The fraction of sp³-hybridized carbons (Fsp3) is 0.235. The smallest absolute Gasteiger partial charge is 0.311 e. The Balaban J connectivity index is 1.75. The number of hydrogen-bond acceptors (Lipinski definition) is 2. The van der Waals surface area contributed by atoms with Crippen molar-refractivity contribution in [2.75, 3.05) is 0 Å². The van der Waals surface area contributed by atoms with Crippen molar-refractivity contribution in [1.29, 1.82) is 0 Å². The van der Waals surface area contributed by atoms with Gasteiger partial charge in [-0.05, 0) is 42.2 Å². The summed E-state index contributed by atoms with van der Waals surface area (Å²) in [5.41, 5.74) is 2.22. The zero-order valence-electron chi connectivity index (χ0n) is 11.3. The molecule has 108 valence electrons. The van der Waals surface area contributed by atoms with Gasteiger partial charge in [0.25, 0.3) is 0 Å². The minimum absolute atomic E-state index is 0.340. The summed E-state index contributed by atoms with van der Waals surface area (Å²) >= 11 is 5.19. The molecule has 0 bridgehead atoms. The van der Waals surface area contributed by atoms with Gasteiger partial charge in [-0.1, -0.05) is 46.3 Å². The molecule has 0 spiro atoms. The zero-order valence-corrected chi connectivity index (χ0v) is 13.7. The van der Waals surface area contributed by atoms with Crippen LogP contribution in [-0.4, -0.2) is 16.3 Å². The monoisotopic (exact) mass is 362 g/mol. The summed E-state index contributed by atoms with van der Waals surface area (Å²) in [6.07, 6.45) is 1.62. The second-order valence-corrected chi connectivity index (χ2v) is 7.49. The van der Waals surface area contributed by atoms with E-state index in [1.165, 1.54) is 10.5 Å². The summed E-state index contributed by atoms with van der Waals surface area (Å²) in [5, 5.41) is 9.89. The number of carboxylic acid groups (broad SMARTS) is 1. The van der Waals surface area contributed by atoms with E-state index in [4.69, 9.17) is 0 Å². The van der Waals surface area contributed by atoms with E-state index in [2.05, 4.69) is 28.1 Å². The molecule has 1 N–H and O–H groups in total. The molecule has 2 aromatic rings. The standard InChI is InChI=1S/C17H15BrO2S/c18-13-7-5-11(6-8-13)15(17(19)20)10-14-9-12-3-1-2-4-16(12)21-14/h1-8,14-15H,9-10H2,(H,19,20). The highest BCUT2D eigenvalue weighted by molar-refractivity contribution is 9.10. The highest BCUT2D eigenvalue weighted by Crippen LogP contribution is 2.41. The SMILES string of the molecule is O=C(O)C(CC1Cc2ccccc2S1)c1ccc(Br)cc1. The molecule has 2 aromatic carbocycles. The van der Waals surface area contributed by atoms with Gasteiger partial charge in [-0.3, -0.25) is 4.79 Å². The fourth-order valence-electron chi connectivity index (χ4n) is 2.72. The first-order valence-corrected chi connectivity index (χ1v) is 8.53. The first-order valence-electron chi connectivity index (χ1n) is 6.86. The first-order chi connectivity index (χ1) is 10.1. The van der Waals surface area contributed by atoms with Gasteiger partial charge in [-0.25, -0.2) is 0 Å². The lowest BCUT2D eigenvalue weighted by Crippen LogP contribution is -2.17. The molecule has 0 aliphatic carbocycles. The Bertz CT molecular complexity index is 629. The van der Waals surface area contributed by atoms with E-state index >= 15 is 0 Å². The van der Waals surface area contributed by atoms with Gasteiger partial charge in [0.15, 0.2) is 0 Å². The van der Waals surface area contributed by atoms with Crippen molar-refractivity contribution in [3.63, 3.8) is 0 Å². The maximum absolute atomic E-state index is 11.6. The number of carboxylic acids is 1. The van der Waals surface area contributed by atoms with Crippen LogP contribution in [0.15, 0.2) is 57.9 Å². The van der Waals surface area contributed by atoms with E-state index in [0.29, 0.717) is 11.7 Å². The maximum Gasteiger partial charge on any atom is 0.311 e. The molecular formula is C17H15BrO2S. The number of carbonyl (C=O) groups is 1. The minimum atomic E-state index is -0.742. The van der Waals surface area contributed by atoms with Crippen molar-refractivity contribution < 1.29 is 9.90 Å². The largest absolute Gasteiger partial charge is 0.481 e. The van der Waals surface area contributed by atoms with Gasteiger partial charge in [-0.2, -0.15) is 0 Å². The van der Waals surface area contributed by atoms with Gasteiger partial charge >= 0.3 is 5.97 Å². The second kappa shape index (κ2) is 6.24. The van der Waals surface area contributed by atoms with Crippen LogP contribution < -0.4 is 0 Å². The predicted molar refractivity (Wildman–Crippen MR) is 88.9 cm³/mol. The van der Waals surface area contributed by atoms with E-state index < -0.39 is 11.9 Å². The number of thioether (sulfide) groups is 1. The molecule has 1 aliphatic heterocycles. The van der Waals surface area contributed by atoms with Gasteiger partial charge in [0.2, 0.25) is 0 Å². The predicted octanol–water partition coefficient (Wildman–Crippen LogP) is 4.72. The van der Waals surface area contributed by atoms with Crippen LogP contribution >= 0.6 is 27.7 Å². The normalized spacial score (nSPS) is 18.2. The van der Waals surface area contributed by atoms with Crippen LogP contribution in [0.1, 0.15) is 23.5 Å². The average Bonchev–Trinajstić information content (AvgIpc) is 2.88. The summed E-state index contributed by atoms with van der Waals surface area (Å²) in [4.78, 5) is 12.9. The lowest BCUT2D eigenvalue weighted by molar-refractivity contribution is -0.139. The topological polar surface area (TPSA) is 37.3 Å². The maximum atomic E-state index is 11.6. The summed E-state index contributed by atoms with van der Waals surface area (Å²) < 4.78 is 0.970. The summed E-state index contributed by atoms with van der Waals surface area (Å²) in [6.45, 7) is 0. The van der Waals surface area contributed by atoms with Crippen LogP contribution in [0.4, 0.5) is 0 Å². The number of halogens is 1. The molecule has 2 unspecified atom stereocenters. The summed E-state index contributed by atoms with van der Waals surface area (Å²) in [5.74, 6) is -1.18. The third-order valence-corrected chi connectivity index (χ3v) is 5.66. The number of fused-ring (bicyclic) bond motifs is 1. The second-order valence-electron chi connectivity index (χ2n) is 5.23. The van der Waals surface area contributed by atoms with Crippen LogP contribution in [0.2, 0.25) is 0 Å². The molecule has 21 heavy (non-hydrogen) atoms. The van der Waals surface area contributed by atoms with E-state index in [1.807, 2.05) is 48.2 Å². The highest BCUT2D eigenvalue weighted by atomic mass is 79.9. The van der Waals surface area contributed by atoms with Crippen LogP contribution in [-0.2, 0) is 11.2 Å². The molecule has 0 radical (unpaired) electrons. The Morgan fingerprint density at radius 3 is 2.62 bits per heavy atom. The first kappa shape index (κ1) is 14.7. The van der Waals surface area contributed by atoms with E-state index in [9.17, 15) is 9.90 Å². The highest BCUT2D eigenvalue weighted by Gasteiger charge is 2.29. The number of rotatable bonds is 4. The number of benzene rings is 2. The van der Waals surface area contributed by atoms with E-state index in [-0.39, 0.29) is 0 Å². The average molecular weight is 363 g/mol. The van der Waals surface area contributed by atoms with Crippen molar-refractivity contribution in [2.45, 2.75) is 28.9 Å². The number of aliphatic carboxylic acids is 1. The molecule has 0 aromatic heterocycles. The molecule has 0 amide bonds. The molecule has 2 atom stereocenters. The Morgan fingerprint density at radius 1 is 1.24 bits per heavy atom. The summed E-state index contributed by atoms with van der Waals surface area (Å²) in [7, 11) is 0. The van der Waals surface area contributed by atoms with Gasteiger partial charge in [0.1, 0.15) is 0 Å². The molecule has 2 nitrogen and oxygen atoms in total. The van der Waals surface area contributed by atoms with Gasteiger partial charge in [-0.15, -0.1) is 11.8 Å². The lowest BCUT2D eigenvalue weighted by atomic mass is 9.92.